The Kier molecular flexibility index (Phi) is 3.63. The molecule has 0 saturated heterocycles. The van der Waals surface area contributed by atoms with Crippen molar-refractivity contribution in [2.45, 2.75) is 27.2 Å². The molecule has 78 valence electrons. The quantitative estimate of drug-likeness (QED) is 0.835. The van der Waals surface area contributed by atoms with Gasteiger partial charge in [0.25, 0.3) is 0 Å². The Morgan fingerprint density at radius 2 is 2.29 bits per heavy atom. The van der Waals surface area contributed by atoms with E-state index in [4.69, 9.17) is 5.11 Å². The van der Waals surface area contributed by atoms with Gasteiger partial charge in [0.2, 0.25) is 0 Å². The van der Waals surface area contributed by atoms with Crippen LogP contribution in [-0.4, -0.2) is 16.1 Å². The summed E-state index contributed by atoms with van der Waals surface area (Å²) in [5.41, 5.74) is 0. The number of aryl methyl sites for hydroxylation is 1. The average Bonchev–Trinajstić information content (AvgIpc) is 2.46. The Morgan fingerprint density at radius 1 is 1.64 bits per heavy atom. The molecule has 0 aliphatic carbocycles. The van der Waals surface area contributed by atoms with Gasteiger partial charge in [-0.1, -0.05) is 13.8 Å². The maximum absolute atomic E-state index is 10.9. The van der Waals surface area contributed by atoms with Crippen molar-refractivity contribution in [3.05, 3.63) is 16.1 Å². The topological polar surface area (TPSA) is 50.2 Å². The third-order valence-corrected chi connectivity index (χ3v) is 3.15. The van der Waals surface area contributed by atoms with E-state index in [0.717, 1.165) is 9.88 Å². The van der Waals surface area contributed by atoms with Crippen molar-refractivity contribution in [1.29, 1.82) is 0 Å². The molecule has 0 bridgehead atoms. The Morgan fingerprint density at radius 3 is 2.64 bits per heavy atom. The number of carboxylic acids is 1. The summed E-state index contributed by atoms with van der Waals surface area (Å²) in [4.78, 5) is 16.1. The standard InChI is InChI=1S/C10H15NO2S/c1-6(2)9(10(12)13)4-8-5-11-7(3)14-8/h5-6,9H,4H2,1-3H3,(H,12,13). The van der Waals surface area contributed by atoms with Crippen LogP contribution in [0.2, 0.25) is 0 Å². The molecule has 3 nitrogen and oxygen atoms in total. The van der Waals surface area contributed by atoms with Crippen LogP contribution in [0.15, 0.2) is 6.20 Å². The van der Waals surface area contributed by atoms with E-state index in [1.54, 1.807) is 17.5 Å². The lowest BCUT2D eigenvalue weighted by Crippen LogP contribution is -2.21. The summed E-state index contributed by atoms with van der Waals surface area (Å²) >= 11 is 1.58. The largest absolute Gasteiger partial charge is 0.481 e. The molecule has 1 rings (SSSR count). The molecule has 4 heteroatoms. The van der Waals surface area contributed by atoms with Gasteiger partial charge in [-0.05, 0) is 19.3 Å². The highest BCUT2D eigenvalue weighted by Gasteiger charge is 2.22. The molecule has 0 radical (unpaired) electrons. The summed E-state index contributed by atoms with van der Waals surface area (Å²) < 4.78 is 0. The predicted molar refractivity (Wildman–Crippen MR) is 56.5 cm³/mol. The molecule has 1 aromatic heterocycles. The first-order valence-electron chi connectivity index (χ1n) is 4.64. The van der Waals surface area contributed by atoms with Gasteiger partial charge in [0, 0.05) is 11.1 Å². The third-order valence-electron chi connectivity index (χ3n) is 2.21. The van der Waals surface area contributed by atoms with Gasteiger partial charge in [-0.15, -0.1) is 11.3 Å². The molecule has 14 heavy (non-hydrogen) atoms. The third kappa shape index (κ3) is 2.80. The Bertz CT molecular complexity index is 320. The van der Waals surface area contributed by atoms with E-state index in [1.165, 1.54) is 0 Å². The van der Waals surface area contributed by atoms with Gasteiger partial charge in [-0.25, -0.2) is 4.98 Å². The summed E-state index contributed by atoms with van der Waals surface area (Å²) in [7, 11) is 0. The first-order valence-corrected chi connectivity index (χ1v) is 5.46. The van der Waals surface area contributed by atoms with E-state index < -0.39 is 5.97 Å². The molecule has 0 amide bonds. The van der Waals surface area contributed by atoms with E-state index in [1.807, 2.05) is 20.8 Å². The number of aromatic nitrogens is 1. The molecular weight excluding hydrogens is 198 g/mol. The number of rotatable bonds is 4. The highest BCUT2D eigenvalue weighted by atomic mass is 32.1. The average molecular weight is 213 g/mol. The van der Waals surface area contributed by atoms with Gasteiger partial charge < -0.3 is 5.11 Å². The minimum absolute atomic E-state index is 0.162. The maximum Gasteiger partial charge on any atom is 0.307 e. The van der Waals surface area contributed by atoms with Gasteiger partial charge in [-0.3, -0.25) is 4.79 Å². The Balaban J connectivity index is 2.69. The van der Waals surface area contributed by atoms with E-state index in [-0.39, 0.29) is 11.8 Å². The molecule has 1 atom stereocenters. The lowest BCUT2D eigenvalue weighted by molar-refractivity contribution is -0.143. The Labute approximate surface area is 87.8 Å². The van der Waals surface area contributed by atoms with E-state index in [0.29, 0.717) is 6.42 Å². The van der Waals surface area contributed by atoms with Gasteiger partial charge in [0.1, 0.15) is 0 Å². The van der Waals surface area contributed by atoms with Crippen molar-refractivity contribution in [2.75, 3.05) is 0 Å². The maximum atomic E-state index is 10.9. The highest BCUT2D eigenvalue weighted by molar-refractivity contribution is 7.11. The first kappa shape index (κ1) is 11.2. The van der Waals surface area contributed by atoms with Crippen LogP contribution in [0.5, 0.6) is 0 Å². The minimum atomic E-state index is -0.717. The molecule has 0 aliphatic heterocycles. The van der Waals surface area contributed by atoms with Crippen LogP contribution < -0.4 is 0 Å². The van der Waals surface area contributed by atoms with Crippen LogP contribution >= 0.6 is 11.3 Å². The second kappa shape index (κ2) is 4.55. The summed E-state index contributed by atoms with van der Waals surface area (Å²) in [5.74, 6) is -0.851. The Hall–Kier alpha value is -0.900. The molecule has 1 heterocycles. The van der Waals surface area contributed by atoms with Crippen molar-refractivity contribution >= 4 is 17.3 Å². The minimum Gasteiger partial charge on any atom is -0.481 e. The van der Waals surface area contributed by atoms with Gasteiger partial charge in [0.15, 0.2) is 0 Å². The monoisotopic (exact) mass is 213 g/mol. The number of carboxylic acid groups (broad SMARTS) is 1. The molecule has 0 saturated carbocycles. The fourth-order valence-electron chi connectivity index (χ4n) is 1.32. The molecular formula is C10H15NO2S. The molecule has 0 fully saturated rings. The van der Waals surface area contributed by atoms with Crippen molar-refractivity contribution < 1.29 is 9.90 Å². The number of nitrogens with zero attached hydrogens (tertiary/aromatic N) is 1. The van der Waals surface area contributed by atoms with Crippen LogP contribution in [0.3, 0.4) is 0 Å². The van der Waals surface area contributed by atoms with E-state index in [9.17, 15) is 4.79 Å². The second-order valence-electron chi connectivity index (χ2n) is 3.74. The number of hydrogen-bond donors (Lipinski definition) is 1. The summed E-state index contributed by atoms with van der Waals surface area (Å²) in [6, 6.07) is 0. The second-order valence-corrected chi connectivity index (χ2v) is 5.06. The normalized spacial score (nSPS) is 13.1. The number of thiazole rings is 1. The van der Waals surface area contributed by atoms with Crippen molar-refractivity contribution in [3.8, 4) is 0 Å². The van der Waals surface area contributed by atoms with Gasteiger partial charge in [-0.2, -0.15) is 0 Å². The molecule has 1 aromatic rings. The zero-order valence-electron chi connectivity index (χ0n) is 8.65. The lowest BCUT2D eigenvalue weighted by Gasteiger charge is -2.14. The molecule has 0 spiro atoms. The summed E-state index contributed by atoms with van der Waals surface area (Å²) in [6.07, 6.45) is 2.37. The van der Waals surface area contributed by atoms with Crippen molar-refractivity contribution in [2.24, 2.45) is 11.8 Å². The van der Waals surface area contributed by atoms with Crippen molar-refractivity contribution in [1.82, 2.24) is 4.98 Å². The van der Waals surface area contributed by atoms with Crippen LogP contribution in [0, 0.1) is 18.8 Å². The number of hydrogen-bond acceptors (Lipinski definition) is 3. The van der Waals surface area contributed by atoms with Crippen LogP contribution in [0.1, 0.15) is 23.7 Å². The zero-order valence-corrected chi connectivity index (χ0v) is 9.47. The first-order chi connectivity index (χ1) is 6.50. The summed E-state index contributed by atoms with van der Waals surface area (Å²) in [6.45, 7) is 5.80. The molecule has 1 unspecified atom stereocenters. The fraction of sp³-hybridized carbons (Fsp3) is 0.600. The number of aliphatic carboxylic acids is 1. The number of carbonyl (C=O) groups is 1. The van der Waals surface area contributed by atoms with E-state index in [2.05, 4.69) is 4.98 Å². The fourth-order valence-corrected chi connectivity index (χ4v) is 2.18. The smallest absolute Gasteiger partial charge is 0.307 e. The highest BCUT2D eigenvalue weighted by Crippen LogP contribution is 2.21. The van der Waals surface area contributed by atoms with Gasteiger partial charge in [0.05, 0.1) is 10.9 Å². The molecule has 0 aromatic carbocycles. The lowest BCUT2D eigenvalue weighted by atomic mass is 9.92. The van der Waals surface area contributed by atoms with Crippen molar-refractivity contribution in [3.63, 3.8) is 0 Å². The van der Waals surface area contributed by atoms with E-state index >= 15 is 0 Å². The van der Waals surface area contributed by atoms with Crippen LogP contribution in [-0.2, 0) is 11.2 Å². The van der Waals surface area contributed by atoms with Crippen LogP contribution in [0.25, 0.3) is 0 Å². The van der Waals surface area contributed by atoms with Gasteiger partial charge >= 0.3 is 5.97 Å². The summed E-state index contributed by atoms with van der Waals surface area (Å²) in [5, 5.41) is 9.99. The predicted octanol–water partition coefficient (Wildman–Crippen LogP) is 2.35. The zero-order chi connectivity index (χ0) is 10.7. The SMILES string of the molecule is Cc1ncc(CC(C(=O)O)C(C)C)s1. The van der Waals surface area contributed by atoms with Crippen LogP contribution in [0.4, 0.5) is 0 Å². The molecule has 0 aliphatic rings. The molecule has 1 N–H and O–H groups in total.